The zero-order valence-corrected chi connectivity index (χ0v) is 11.7. The largest absolute Gasteiger partial charge is 0.316 e. The van der Waals surface area contributed by atoms with Gasteiger partial charge in [-0.05, 0) is 63.0 Å². The molecule has 2 aliphatic carbocycles. The van der Waals surface area contributed by atoms with Crippen molar-refractivity contribution >= 4 is 0 Å². The first-order valence-electron chi connectivity index (χ1n) is 7.49. The Morgan fingerprint density at radius 3 is 2.50 bits per heavy atom. The highest BCUT2D eigenvalue weighted by molar-refractivity contribution is 5.22. The average Bonchev–Trinajstić information content (AvgIpc) is 3.00. The second-order valence-electron chi connectivity index (χ2n) is 6.42. The average molecular weight is 243 g/mol. The van der Waals surface area contributed by atoms with E-state index in [1.165, 1.54) is 43.2 Å². The van der Waals surface area contributed by atoms with Gasteiger partial charge in [0.1, 0.15) is 0 Å². The van der Waals surface area contributed by atoms with Gasteiger partial charge in [0.05, 0.1) is 0 Å². The van der Waals surface area contributed by atoms with Gasteiger partial charge in [0.25, 0.3) is 0 Å². The molecule has 18 heavy (non-hydrogen) atoms. The molecule has 1 nitrogen and oxygen atoms in total. The van der Waals surface area contributed by atoms with E-state index in [1.807, 2.05) is 0 Å². The summed E-state index contributed by atoms with van der Waals surface area (Å²) in [5, 5.41) is 3.59. The van der Waals surface area contributed by atoms with Gasteiger partial charge in [-0.15, -0.1) is 0 Å². The number of fused-ring (bicyclic) bond motifs is 2. The molecule has 1 N–H and O–H groups in total. The van der Waals surface area contributed by atoms with Crippen molar-refractivity contribution in [2.75, 3.05) is 7.05 Å². The number of hydrogen-bond acceptors (Lipinski definition) is 1. The fourth-order valence-electron chi connectivity index (χ4n) is 4.23. The first kappa shape index (κ1) is 12.2. The van der Waals surface area contributed by atoms with Crippen LogP contribution in [-0.4, -0.2) is 13.1 Å². The van der Waals surface area contributed by atoms with Crippen molar-refractivity contribution < 1.29 is 0 Å². The van der Waals surface area contributed by atoms with Gasteiger partial charge in [-0.3, -0.25) is 0 Å². The number of likely N-dealkylation sites (N-methyl/N-ethyl adjacent to an activating group) is 1. The molecule has 2 aliphatic rings. The Labute approximate surface area is 111 Å². The van der Waals surface area contributed by atoms with Crippen molar-refractivity contribution in [1.82, 2.24) is 5.32 Å². The summed E-state index contributed by atoms with van der Waals surface area (Å²) in [6, 6.07) is 9.76. The number of rotatable bonds is 4. The smallest absolute Gasteiger partial charge is 0.0135 e. The molecule has 2 fully saturated rings. The predicted octanol–water partition coefficient (Wildman–Crippen LogP) is 3.56. The third-order valence-electron chi connectivity index (χ3n) is 5.26. The van der Waals surface area contributed by atoms with Crippen molar-refractivity contribution in [1.29, 1.82) is 0 Å². The van der Waals surface area contributed by atoms with Gasteiger partial charge in [-0.25, -0.2) is 0 Å². The third-order valence-corrected chi connectivity index (χ3v) is 5.26. The minimum atomic E-state index is 0.683. The van der Waals surface area contributed by atoms with Crippen molar-refractivity contribution in [2.45, 2.75) is 45.1 Å². The van der Waals surface area contributed by atoms with E-state index in [9.17, 15) is 0 Å². The van der Waals surface area contributed by atoms with Gasteiger partial charge < -0.3 is 5.32 Å². The molecule has 0 aromatic heterocycles. The molecular formula is C17H25N. The van der Waals surface area contributed by atoms with Crippen LogP contribution in [0.15, 0.2) is 24.3 Å². The zero-order valence-electron chi connectivity index (χ0n) is 11.7. The highest BCUT2D eigenvalue weighted by Crippen LogP contribution is 2.49. The van der Waals surface area contributed by atoms with E-state index < -0.39 is 0 Å². The minimum absolute atomic E-state index is 0.683. The Morgan fingerprint density at radius 1 is 1.17 bits per heavy atom. The maximum atomic E-state index is 3.59. The molecule has 4 unspecified atom stereocenters. The summed E-state index contributed by atoms with van der Waals surface area (Å²) >= 11 is 0. The molecule has 0 spiro atoms. The van der Waals surface area contributed by atoms with Crippen LogP contribution in [0, 0.1) is 24.7 Å². The van der Waals surface area contributed by atoms with Crippen molar-refractivity contribution in [2.24, 2.45) is 17.8 Å². The van der Waals surface area contributed by atoms with Gasteiger partial charge >= 0.3 is 0 Å². The maximum absolute atomic E-state index is 3.59. The van der Waals surface area contributed by atoms with E-state index >= 15 is 0 Å². The molecular weight excluding hydrogens is 218 g/mol. The van der Waals surface area contributed by atoms with Gasteiger partial charge in [-0.1, -0.05) is 36.2 Å². The van der Waals surface area contributed by atoms with Gasteiger partial charge in [0.15, 0.2) is 0 Å². The highest BCUT2D eigenvalue weighted by Gasteiger charge is 2.42. The van der Waals surface area contributed by atoms with Crippen molar-refractivity contribution in [3.05, 3.63) is 35.4 Å². The van der Waals surface area contributed by atoms with Crippen LogP contribution in [0.3, 0.4) is 0 Å². The second-order valence-corrected chi connectivity index (χ2v) is 6.42. The molecule has 0 amide bonds. The van der Waals surface area contributed by atoms with Crippen LogP contribution in [0.2, 0.25) is 0 Å². The summed E-state index contributed by atoms with van der Waals surface area (Å²) in [4.78, 5) is 0. The molecule has 4 atom stereocenters. The summed E-state index contributed by atoms with van der Waals surface area (Å²) in [6.45, 7) is 2.16. The molecule has 0 heterocycles. The van der Waals surface area contributed by atoms with E-state index in [4.69, 9.17) is 0 Å². The zero-order chi connectivity index (χ0) is 12.5. The topological polar surface area (TPSA) is 12.0 Å². The molecule has 98 valence electrons. The Hall–Kier alpha value is -0.820. The fourth-order valence-corrected chi connectivity index (χ4v) is 4.23. The number of aryl methyl sites for hydroxylation is 1. The first-order chi connectivity index (χ1) is 8.76. The molecule has 1 aromatic rings. The predicted molar refractivity (Wildman–Crippen MR) is 76.7 cm³/mol. The van der Waals surface area contributed by atoms with E-state index in [2.05, 4.69) is 43.6 Å². The van der Waals surface area contributed by atoms with Gasteiger partial charge in [0, 0.05) is 6.04 Å². The Balaban J connectivity index is 1.67. The molecule has 2 saturated carbocycles. The molecule has 0 radical (unpaired) electrons. The normalized spacial score (nSPS) is 31.8. The van der Waals surface area contributed by atoms with Gasteiger partial charge in [-0.2, -0.15) is 0 Å². The van der Waals surface area contributed by atoms with Crippen molar-refractivity contribution in [3.8, 4) is 0 Å². The maximum Gasteiger partial charge on any atom is 0.0135 e. The minimum Gasteiger partial charge on any atom is -0.316 e. The van der Waals surface area contributed by atoms with E-state index in [0.717, 1.165) is 17.8 Å². The molecule has 3 rings (SSSR count). The lowest BCUT2D eigenvalue weighted by Gasteiger charge is -2.30. The van der Waals surface area contributed by atoms with Crippen LogP contribution in [-0.2, 0) is 6.42 Å². The Bertz CT molecular complexity index is 395. The number of hydrogen-bond donors (Lipinski definition) is 1. The van der Waals surface area contributed by atoms with Gasteiger partial charge in [0.2, 0.25) is 0 Å². The monoisotopic (exact) mass is 243 g/mol. The summed E-state index contributed by atoms with van der Waals surface area (Å²) in [6.07, 6.45) is 7.17. The number of benzene rings is 1. The molecule has 2 bridgehead atoms. The van der Waals surface area contributed by atoms with Crippen LogP contribution >= 0.6 is 0 Å². The summed E-state index contributed by atoms with van der Waals surface area (Å²) < 4.78 is 0. The van der Waals surface area contributed by atoms with Crippen LogP contribution in [0.4, 0.5) is 0 Å². The lowest BCUT2D eigenvalue weighted by atomic mass is 9.81. The summed E-state index contributed by atoms with van der Waals surface area (Å²) in [5.41, 5.74) is 2.85. The fraction of sp³-hybridized carbons (Fsp3) is 0.647. The SMILES string of the molecule is CNC(Cc1ccc(C)cc1)C1CC2CCC1C2. The lowest BCUT2D eigenvalue weighted by Crippen LogP contribution is -2.38. The second kappa shape index (κ2) is 5.05. The first-order valence-corrected chi connectivity index (χ1v) is 7.49. The lowest BCUT2D eigenvalue weighted by molar-refractivity contribution is 0.255. The molecule has 0 saturated heterocycles. The van der Waals surface area contributed by atoms with E-state index in [-0.39, 0.29) is 0 Å². The van der Waals surface area contributed by atoms with Crippen molar-refractivity contribution in [3.63, 3.8) is 0 Å². The Morgan fingerprint density at radius 2 is 1.94 bits per heavy atom. The standard InChI is InChI=1S/C17H25N/c1-12-3-5-13(6-4-12)11-17(18-2)16-10-14-7-8-15(16)9-14/h3-6,14-18H,7-11H2,1-2H3. The Kier molecular flexibility index (Phi) is 3.43. The van der Waals surface area contributed by atoms with E-state index in [1.54, 1.807) is 0 Å². The summed E-state index contributed by atoms with van der Waals surface area (Å²) in [7, 11) is 2.14. The van der Waals surface area contributed by atoms with E-state index in [0.29, 0.717) is 6.04 Å². The highest BCUT2D eigenvalue weighted by atomic mass is 14.9. The third kappa shape index (κ3) is 2.33. The molecule has 1 aromatic carbocycles. The van der Waals surface area contributed by atoms with Crippen LogP contribution in [0.5, 0.6) is 0 Å². The molecule has 0 aliphatic heterocycles. The van der Waals surface area contributed by atoms with Crippen LogP contribution < -0.4 is 5.32 Å². The summed E-state index contributed by atoms with van der Waals surface area (Å²) in [5.74, 6) is 2.99. The molecule has 1 heteroatoms. The quantitative estimate of drug-likeness (QED) is 0.852. The number of nitrogens with one attached hydrogen (secondary N) is 1. The van der Waals surface area contributed by atoms with Crippen LogP contribution in [0.25, 0.3) is 0 Å². The van der Waals surface area contributed by atoms with Crippen LogP contribution in [0.1, 0.15) is 36.8 Å².